The van der Waals surface area contributed by atoms with Crippen LogP contribution >= 0.6 is 11.8 Å². The first-order chi connectivity index (χ1) is 13.0. The molecule has 3 atom stereocenters. The number of hydrogen-bond donors (Lipinski definition) is 0. The molecular formula is C19H27N5O2S. The Kier molecular flexibility index (Phi) is 6.36. The van der Waals surface area contributed by atoms with E-state index < -0.39 is 0 Å². The predicted octanol–water partition coefficient (Wildman–Crippen LogP) is 2.72. The molecule has 27 heavy (non-hydrogen) atoms. The van der Waals surface area contributed by atoms with Crippen LogP contribution in [-0.2, 0) is 11.3 Å². The van der Waals surface area contributed by atoms with Gasteiger partial charge in [0.2, 0.25) is 11.1 Å². The molecule has 1 aliphatic heterocycles. The number of aromatic nitrogens is 4. The fraction of sp³-hybridized carbons (Fsp3) is 0.579. The van der Waals surface area contributed by atoms with Gasteiger partial charge in [-0.25, -0.2) is 4.68 Å². The minimum absolute atomic E-state index is 0.164. The quantitative estimate of drug-likeness (QED) is 0.708. The zero-order valence-corrected chi connectivity index (χ0v) is 17.1. The van der Waals surface area contributed by atoms with E-state index in [-0.39, 0.29) is 11.2 Å². The average Bonchev–Trinajstić information content (AvgIpc) is 3.07. The Morgan fingerprint density at radius 2 is 1.93 bits per heavy atom. The number of carbonyl (C=O) groups is 1. The van der Waals surface area contributed by atoms with Crippen LogP contribution in [0.15, 0.2) is 29.4 Å². The van der Waals surface area contributed by atoms with Crippen molar-refractivity contribution in [1.29, 1.82) is 0 Å². The van der Waals surface area contributed by atoms with E-state index in [0.717, 1.165) is 24.4 Å². The Bertz CT molecular complexity index is 754. The van der Waals surface area contributed by atoms with Crippen molar-refractivity contribution in [3.63, 3.8) is 0 Å². The summed E-state index contributed by atoms with van der Waals surface area (Å²) in [6.45, 7) is 8.59. The van der Waals surface area contributed by atoms with Gasteiger partial charge in [-0.3, -0.25) is 4.79 Å². The fourth-order valence-electron chi connectivity index (χ4n) is 3.59. The average molecular weight is 390 g/mol. The molecule has 0 saturated carbocycles. The summed E-state index contributed by atoms with van der Waals surface area (Å²) >= 11 is 1.42. The summed E-state index contributed by atoms with van der Waals surface area (Å²) in [6.07, 6.45) is 1.19. The van der Waals surface area contributed by atoms with Crippen molar-refractivity contribution < 1.29 is 9.53 Å². The normalized spacial score (nSPS) is 21.1. The lowest BCUT2D eigenvalue weighted by Crippen LogP contribution is -2.45. The van der Waals surface area contributed by atoms with Crippen LogP contribution in [0.5, 0.6) is 5.75 Å². The zero-order chi connectivity index (χ0) is 19.4. The molecule has 1 fully saturated rings. The lowest BCUT2D eigenvalue weighted by Gasteiger charge is -2.36. The van der Waals surface area contributed by atoms with Gasteiger partial charge in [0.15, 0.2) is 0 Å². The van der Waals surface area contributed by atoms with Gasteiger partial charge < -0.3 is 9.64 Å². The van der Waals surface area contributed by atoms with Gasteiger partial charge in [-0.2, -0.15) is 0 Å². The van der Waals surface area contributed by atoms with Crippen LogP contribution in [-0.4, -0.2) is 56.5 Å². The second-order valence-electron chi connectivity index (χ2n) is 7.42. The van der Waals surface area contributed by atoms with E-state index in [1.54, 1.807) is 11.8 Å². The van der Waals surface area contributed by atoms with Crippen LogP contribution in [0.3, 0.4) is 0 Å². The van der Waals surface area contributed by atoms with Gasteiger partial charge in [0, 0.05) is 13.1 Å². The third-order valence-electron chi connectivity index (χ3n) is 4.80. The predicted molar refractivity (Wildman–Crippen MR) is 105 cm³/mol. The van der Waals surface area contributed by atoms with Gasteiger partial charge in [-0.05, 0) is 53.3 Å². The third kappa shape index (κ3) is 5.00. The Hall–Kier alpha value is -2.09. The summed E-state index contributed by atoms with van der Waals surface area (Å²) < 4.78 is 6.92. The Morgan fingerprint density at radius 1 is 1.26 bits per heavy atom. The van der Waals surface area contributed by atoms with Crippen molar-refractivity contribution >= 4 is 17.7 Å². The minimum Gasteiger partial charge on any atom is -0.497 e. The molecule has 1 aromatic carbocycles. The lowest BCUT2D eigenvalue weighted by molar-refractivity contribution is -0.132. The summed E-state index contributed by atoms with van der Waals surface area (Å²) in [7, 11) is 1.65. The van der Waals surface area contributed by atoms with Crippen molar-refractivity contribution in [3.8, 4) is 5.75 Å². The highest BCUT2D eigenvalue weighted by Gasteiger charge is 2.29. The molecule has 1 aromatic heterocycles. The van der Waals surface area contributed by atoms with Gasteiger partial charge >= 0.3 is 0 Å². The number of nitrogens with zero attached hydrogens (tertiary/aromatic N) is 5. The number of piperidine rings is 1. The van der Waals surface area contributed by atoms with Crippen molar-refractivity contribution in [2.75, 3.05) is 20.2 Å². The summed E-state index contributed by atoms with van der Waals surface area (Å²) in [5.41, 5.74) is 1.07. The summed E-state index contributed by atoms with van der Waals surface area (Å²) in [4.78, 5) is 14.9. The maximum atomic E-state index is 12.9. The number of rotatable bonds is 6. The van der Waals surface area contributed by atoms with E-state index >= 15 is 0 Å². The van der Waals surface area contributed by atoms with Crippen molar-refractivity contribution in [2.45, 2.75) is 44.1 Å². The SMILES string of the molecule is COc1ccc(Cn2nnnc2S[C@H](C)C(=O)N2C[C@H](C)C[C@H](C)C2)cc1. The number of methoxy groups -OCH3 is 1. The molecule has 0 aliphatic carbocycles. The second-order valence-corrected chi connectivity index (χ2v) is 8.72. The molecule has 0 N–H and O–H groups in total. The van der Waals surface area contributed by atoms with E-state index in [9.17, 15) is 4.79 Å². The molecule has 2 heterocycles. The molecular weight excluding hydrogens is 362 g/mol. The van der Waals surface area contributed by atoms with Crippen molar-refractivity contribution in [2.24, 2.45) is 11.8 Å². The number of thioether (sulfide) groups is 1. The molecule has 0 bridgehead atoms. The summed E-state index contributed by atoms with van der Waals surface area (Å²) in [5, 5.41) is 12.4. The van der Waals surface area contributed by atoms with E-state index in [1.807, 2.05) is 36.1 Å². The molecule has 0 unspecified atom stereocenters. The first-order valence-electron chi connectivity index (χ1n) is 9.30. The van der Waals surface area contributed by atoms with E-state index in [1.165, 1.54) is 18.2 Å². The van der Waals surface area contributed by atoms with Crippen LogP contribution in [0.1, 0.15) is 32.8 Å². The first kappa shape index (κ1) is 19.7. The number of ether oxygens (including phenoxy) is 1. The maximum absolute atomic E-state index is 12.9. The first-order valence-corrected chi connectivity index (χ1v) is 10.2. The molecule has 1 aliphatic rings. The molecule has 0 spiro atoms. The molecule has 0 radical (unpaired) electrons. The monoisotopic (exact) mass is 389 g/mol. The van der Waals surface area contributed by atoms with Gasteiger partial charge in [0.25, 0.3) is 0 Å². The smallest absolute Gasteiger partial charge is 0.235 e. The van der Waals surface area contributed by atoms with E-state index in [2.05, 4.69) is 29.4 Å². The lowest BCUT2D eigenvalue weighted by atomic mass is 9.92. The zero-order valence-electron chi connectivity index (χ0n) is 16.3. The van der Waals surface area contributed by atoms with E-state index in [4.69, 9.17) is 4.74 Å². The molecule has 2 aromatic rings. The van der Waals surface area contributed by atoms with Crippen molar-refractivity contribution in [3.05, 3.63) is 29.8 Å². The van der Waals surface area contributed by atoms with Crippen LogP contribution in [0.25, 0.3) is 0 Å². The Labute approximate surface area is 164 Å². The number of likely N-dealkylation sites (tertiary alicyclic amines) is 1. The van der Waals surface area contributed by atoms with Crippen LogP contribution in [0.4, 0.5) is 0 Å². The summed E-state index contributed by atoms with van der Waals surface area (Å²) in [6, 6.07) is 7.80. The standard InChI is InChI=1S/C19H27N5O2S/c1-13-9-14(2)11-23(10-13)18(25)15(3)27-19-20-21-22-24(19)12-16-5-7-17(26-4)8-6-16/h5-8,13-15H,9-12H2,1-4H3/t13-,14+,15-/m1/s1. The van der Waals surface area contributed by atoms with Gasteiger partial charge in [-0.15, -0.1) is 5.10 Å². The van der Waals surface area contributed by atoms with Crippen LogP contribution in [0.2, 0.25) is 0 Å². The Morgan fingerprint density at radius 3 is 2.56 bits per heavy atom. The topological polar surface area (TPSA) is 73.1 Å². The Balaban J connectivity index is 1.63. The van der Waals surface area contributed by atoms with Crippen LogP contribution in [0, 0.1) is 11.8 Å². The molecule has 8 heteroatoms. The highest BCUT2D eigenvalue weighted by molar-refractivity contribution is 8.00. The minimum atomic E-state index is -0.219. The molecule has 7 nitrogen and oxygen atoms in total. The largest absolute Gasteiger partial charge is 0.497 e. The summed E-state index contributed by atoms with van der Waals surface area (Å²) in [5.74, 6) is 2.08. The van der Waals surface area contributed by atoms with Gasteiger partial charge in [0.05, 0.1) is 18.9 Å². The molecule has 146 valence electrons. The molecule has 1 amide bonds. The maximum Gasteiger partial charge on any atom is 0.235 e. The van der Waals surface area contributed by atoms with Crippen molar-refractivity contribution in [1.82, 2.24) is 25.1 Å². The number of hydrogen-bond acceptors (Lipinski definition) is 6. The van der Waals surface area contributed by atoms with Gasteiger partial charge in [-0.1, -0.05) is 37.7 Å². The highest BCUT2D eigenvalue weighted by Crippen LogP contribution is 2.26. The third-order valence-corrected chi connectivity index (χ3v) is 5.86. The number of carbonyl (C=O) groups excluding carboxylic acids is 1. The van der Waals surface area contributed by atoms with Gasteiger partial charge in [0.1, 0.15) is 5.75 Å². The van der Waals surface area contributed by atoms with E-state index in [0.29, 0.717) is 23.5 Å². The number of amides is 1. The molecule has 1 saturated heterocycles. The molecule has 3 rings (SSSR count). The number of tetrazole rings is 1. The second kappa shape index (κ2) is 8.73. The van der Waals surface area contributed by atoms with Crippen LogP contribution < -0.4 is 4.74 Å². The highest BCUT2D eigenvalue weighted by atomic mass is 32.2. The number of benzene rings is 1. The fourth-order valence-corrected chi connectivity index (χ4v) is 4.46.